The molecule has 0 atom stereocenters. The molecule has 0 bridgehead atoms. The number of amides is 1. The fraction of sp³-hybridized carbons (Fsp3) is 0.381. The summed E-state index contributed by atoms with van der Waals surface area (Å²) in [4.78, 5) is 14.6. The van der Waals surface area contributed by atoms with Gasteiger partial charge in [-0.2, -0.15) is 0 Å². The molecule has 0 aliphatic carbocycles. The predicted octanol–water partition coefficient (Wildman–Crippen LogP) is 3.34. The maximum atomic E-state index is 12.6. The lowest BCUT2D eigenvalue weighted by Gasteiger charge is -2.32. The lowest BCUT2D eigenvalue weighted by molar-refractivity contribution is 0.0691. The Labute approximate surface area is 149 Å². The average Bonchev–Trinajstić information content (AvgIpc) is 2.68. The number of nitrogens with one attached hydrogen (secondary N) is 1. The Kier molecular flexibility index (Phi) is 6.07. The number of piperidine rings is 1. The van der Waals surface area contributed by atoms with Crippen molar-refractivity contribution in [3.05, 3.63) is 65.7 Å². The van der Waals surface area contributed by atoms with E-state index in [0.29, 0.717) is 12.5 Å². The molecule has 1 fully saturated rings. The van der Waals surface area contributed by atoms with Crippen molar-refractivity contribution in [1.82, 2.24) is 10.2 Å². The van der Waals surface area contributed by atoms with Gasteiger partial charge in [-0.1, -0.05) is 30.3 Å². The Hall–Kier alpha value is -2.33. The summed E-state index contributed by atoms with van der Waals surface area (Å²) in [5.41, 5.74) is 1.87. The minimum Gasteiger partial charge on any atom is -0.489 e. The summed E-state index contributed by atoms with van der Waals surface area (Å²) >= 11 is 0. The van der Waals surface area contributed by atoms with Crippen LogP contribution in [0, 0.1) is 5.92 Å². The van der Waals surface area contributed by atoms with Crippen LogP contribution in [-0.2, 0) is 6.61 Å². The third kappa shape index (κ3) is 4.83. The molecule has 25 heavy (non-hydrogen) atoms. The first kappa shape index (κ1) is 17.5. The van der Waals surface area contributed by atoms with Gasteiger partial charge in [-0.25, -0.2) is 0 Å². The van der Waals surface area contributed by atoms with Crippen LogP contribution in [0.15, 0.2) is 54.6 Å². The van der Waals surface area contributed by atoms with Crippen LogP contribution in [0.5, 0.6) is 5.75 Å². The number of ether oxygens (including phenoxy) is 1. The molecular weight excluding hydrogens is 312 g/mol. The highest BCUT2D eigenvalue weighted by Crippen LogP contribution is 2.20. The Balaban J connectivity index is 1.52. The van der Waals surface area contributed by atoms with Crippen LogP contribution in [-0.4, -0.2) is 37.5 Å². The normalized spacial score (nSPS) is 15.2. The quantitative estimate of drug-likeness (QED) is 0.878. The maximum absolute atomic E-state index is 12.6. The number of benzene rings is 2. The highest BCUT2D eigenvalue weighted by atomic mass is 16.5. The molecule has 1 saturated heterocycles. The van der Waals surface area contributed by atoms with Crippen molar-refractivity contribution in [1.29, 1.82) is 0 Å². The van der Waals surface area contributed by atoms with Crippen LogP contribution in [0.25, 0.3) is 0 Å². The first-order valence-corrected chi connectivity index (χ1v) is 8.97. The summed E-state index contributed by atoms with van der Waals surface area (Å²) in [5.74, 6) is 1.59. The zero-order valence-corrected chi connectivity index (χ0v) is 14.8. The number of nitrogens with zero attached hydrogens (tertiary/aromatic N) is 1. The lowest BCUT2D eigenvalue weighted by atomic mass is 9.96. The molecule has 1 aliphatic heterocycles. The molecule has 0 unspecified atom stereocenters. The number of likely N-dealkylation sites (tertiary alicyclic amines) is 1. The second-order valence-electron chi connectivity index (χ2n) is 6.59. The lowest BCUT2D eigenvalue weighted by Crippen LogP contribution is -2.40. The monoisotopic (exact) mass is 338 g/mol. The van der Waals surface area contributed by atoms with E-state index < -0.39 is 0 Å². The SMILES string of the molecule is CNCC1CCN(C(=O)c2ccc(OCc3ccccc3)cc2)CC1. The minimum absolute atomic E-state index is 0.123. The third-order valence-electron chi connectivity index (χ3n) is 4.74. The zero-order valence-electron chi connectivity index (χ0n) is 14.8. The molecule has 2 aromatic carbocycles. The third-order valence-corrected chi connectivity index (χ3v) is 4.74. The predicted molar refractivity (Wildman–Crippen MR) is 99.8 cm³/mol. The molecule has 0 aromatic heterocycles. The molecule has 0 radical (unpaired) electrons. The molecule has 0 spiro atoms. The summed E-state index contributed by atoms with van der Waals surface area (Å²) < 4.78 is 5.78. The van der Waals surface area contributed by atoms with E-state index in [1.165, 1.54) is 0 Å². The van der Waals surface area contributed by atoms with Crippen molar-refractivity contribution in [2.45, 2.75) is 19.4 Å². The number of carbonyl (C=O) groups excluding carboxylic acids is 1. The van der Waals surface area contributed by atoms with Crippen LogP contribution in [0.2, 0.25) is 0 Å². The topological polar surface area (TPSA) is 41.6 Å². The number of rotatable bonds is 6. The highest BCUT2D eigenvalue weighted by molar-refractivity contribution is 5.94. The van der Waals surface area contributed by atoms with E-state index in [1.54, 1.807) is 0 Å². The van der Waals surface area contributed by atoms with E-state index in [4.69, 9.17) is 4.74 Å². The fourth-order valence-corrected chi connectivity index (χ4v) is 3.25. The van der Waals surface area contributed by atoms with Crippen LogP contribution >= 0.6 is 0 Å². The van der Waals surface area contributed by atoms with E-state index in [2.05, 4.69) is 5.32 Å². The van der Waals surface area contributed by atoms with Crippen LogP contribution < -0.4 is 10.1 Å². The van der Waals surface area contributed by atoms with Gasteiger partial charge in [0, 0.05) is 18.7 Å². The van der Waals surface area contributed by atoms with Gasteiger partial charge < -0.3 is 15.0 Å². The first-order chi connectivity index (χ1) is 12.3. The Morgan fingerprint density at radius 3 is 2.40 bits per heavy atom. The van der Waals surface area contributed by atoms with Gasteiger partial charge in [0.25, 0.3) is 5.91 Å². The molecule has 4 heteroatoms. The largest absolute Gasteiger partial charge is 0.489 e. The molecule has 1 amide bonds. The molecule has 4 nitrogen and oxygen atoms in total. The maximum Gasteiger partial charge on any atom is 0.253 e. The molecule has 1 heterocycles. The fourth-order valence-electron chi connectivity index (χ4n) is 3.25. The summed E-state index contributed by atoms with van der Waals surface area (Å²) in [5, 5.41) is 3.23. The van der Waals surface area contributed by atoms with Crippen molar-refractivity contribution < 1.29 is 9.53 Å². The van der Waals surface area contributed by atoms with E-state index in [0.717, 1.165) is 49.4 Å². The standard InChI is InChI=1S/C21H26N2O2/c1-22-15-17-11-13-23(14-12-17)21(24)19-7-9-20(10-8-19)25-16-18-5-3-2-4-6-18/h2-10,17,22H,11-16H2,1H3. The molecular formula is C21H26N2O2. The van der Waals surface area contributed by atoms with Crippen molar-refractivity contribution in [2.75, 3.05) is 26.7 Å². The summed E-state index contributed by atoms with van der Waals surface area (Å²) in [6.07, 6.45) is 2.15. The van der Waals surface area contributed by atoms with Gasteiger partial charge in [0.1, 0.15) is 12.4 Å². The number of hydrogen-bond acceptors (Lipinski definition) is 3. The Bertz CT molecular complexity index is 662. The smallest absolute Gasteiger partial charge is 0.253 e. The Morgan fingerprint density at radius 2 is 1.76 bits per heavy atom. The second kappa shape index (κ2) is 8.67. The van der Waals surface area contributed by atoms with Crippen LogP contribution in [0.3, 0.4) is 0 Å². The molecule has 3 rings (SSSR count). The van der Waals surface area contributed by atoms with Gasteiger partial charge in [-0.05, 0) is 62.2 Å². The van der Waals surface area contributed by atoms with Crippen molar-refractivity contribution in [3.8, 4) is 5.75 Å². The van der Waals surface area contributed by atoms with Crippen LogP contribution in [0.4, 0.5) is 0 Å². The second-order valence-corrected chi connectivity index (χ2v) is 6.59. The molecule has 1 N–H and O–H groups in total. The summed E-state index contributed by atoms with van der Waals surface area (Å²) in [6.45, 7) is 3.26. The van der Waals surface area contributed by atoms with E-state index >= 15 is 0 Å². The van der Waals surface area contributed by atoms with Gasteiger partial charge >= 0.3 is 0 Å². The van der Waals surface area contributed by atoms with E-state index in [-0.39, 0.29) is 5.91 Å². The number of hydrogen-bond donors (Lipinski definition) is 1. The van der Waals surface area contributed by atoms with Crippen molar-refractivity contribution in [3.63, 3.8) is 0 Å². The minimum atomic E-state index is 0.123. The average molecular weight is 338 g/mol. The first-order valence-electron chi connectivity index (χ1n) is 8.97. The van der Waals surface area contributed by atoms with Gasteiger partial charge in [-0.3, -0.25) is 4.79 Å². The molecule has 132 valence electrons. The molecule has 2 aromatic rings. The van der Waals surface area contributed by atoms with Gasteiger partial charge in [0.2, 0.25) is 0 Å². The highest BCUT2D eigenvalue weighted by Gasteiger charge is 2.23. The zero-order chi connectivity index (χ0) is 17.5. The number of carbonyl (C=O) groups is 1. The van der Waals surface area contributed by atoms with Crippen molar-refractivity contribution in [2.24, 2.45) is 5.92 Å². The van der Waals surface area contributed by atoms with Gasteiger partial charge in [0.05, 0.1) is 0 Å². The van der Waals surface area contributed by atoms with E-state index in [9.17, 15) is 4.79 Å². The van der Waals surface area contributed by atoms with Gasteiger partial charge in [-0.15, -0.1) is 0 Å². The summed E-state index contributed by atoms with van der Waals surface area (Å²) in [7, 11) is 1.99. The Morgan fingerprint density at radius 1 is 1.08 bits per heavy atom. The molecule has 0 saturated carbocycles. The van der Waals surface area contributed by atoms with Crippen LogP contribution in [0.1, 0.15) is 28.8 Å². The molecule has 1 aliphatic rings. The van der Waals surface area contributed by atoms with Crippen molar-refractivity contribution >= 4 is 5.91 Å². The summed E-state index contributed by atoms with van der Waals surface area (Å²) in [6, 6.07) is 17.6. The van der Waals surface area contributed by atoms with E-state index in [1.807, 2.05) is 66.5 Å². The van der Waals surface area contributed by atoms with Gasteiger partial charge in [0.15, 0.2) is 0 Å².